The topological polar surface area (TPSA) is 107 Å². The number of hydrogen-bond acceptors (Lipinski definition) is 7. The first-order chi connectivity index (χ1) is 11.1. The predicted octanol–water partition coefficient (Wildman–Crippen LogP) is 0.323. The summed E-state index contributed by atoms with van der Waals surface area (Å²) in [4.78, 5) is 24.5. The van der Waals surface area contributed by atoms with Gasteiger partial charge in [0.05, 0.1) is 6.61 Å². The molecule has 0 saturated carbocycles. The van der Waals surface area contributed by atoms with Gasteiger partial charge in [-0.25, -0.2) is 4.79 Å². The van der Waals surface area contributed by atoms with Crippen LogP contribution in [-0.2, 0) is 23.1 Å². The van der Waals surface area contributed by atoms with E-state index < -0.39 is 11.2 Å². The van der Waals surface area contributed by atoms with E-state index in [4.69, 9.17) is 14.7 Å². The lowest BCUT2D eigenvalue weighted by atomic mass is 10.2. The zero-order chi connectivity index (χ0) is 16.8. The third kappa shape index (κ3) is 3.92. The molecule has 23 heavy (non-hydrogen) atoms. The van der Waals surface area contributed by atoms with Gasteiger partial charge in [-0.3, -0.25) is 24.6 Å². The second-order valence-corrected chi connectivity index (χ2v) is 5.40. The molecular weight excluding hydrogens is 304 g/mol. The monoisotopic (exact) mass is 328 g/mol. The molecule has 2 heterocycles. The summed E-state index contributed by atoms with van der Waals surface area (Å²) in [5.74, 6) is 0.227. The molecule has 1 aliphatic rings. The van der Waals surface area contributed by atoms with Gasteiger partial charge in [0.1, 0.15) is 5.82 Å². The molecule has 1 atom stereocenters. The summed E-state index contributed by atoms with van der Waals surface area (Å²) in [6, 6.07) is 0. The molecule has 0 aliphatic carbocycles. The van der Waals surface area contributed by atoms with Gasteiger partial charge in [0.25, 0.3) is 5.56 Å². The number of nitrogens with zero attached hydrogens (tertiary/aromatic N) is 2. The molecule has 2 rings (SSSR count). The van der Waals surface area contributed by atoms with Crippen molar-refractivity contribution in [3.8, 4) is 0 Å². The maximum absolute atomic E-state index is 12.3. The molecule has 1 aliphatic heterocycles. The van der Waals surface area contributed by atoms with Gasteiger partial charge in [-0.2, -0.15) is 0 Å². The summed E-state index contributed by atoms with van der Waals surface area (Å²) in [7, 11) is 3.09. The second-order valence-electron chi connectivity index (χ2n) is 5.40. The van der Waals surface area contributed by atoms with Crippen LogP contribution in [0.5, 0.6) is 0 Å². The molecule has 1 saturated heterocycles. The van der Waals surface area contributed by atoms with Crippen molar-refractivity contribution < 1.29 is 14.7 Å². The standard InChI is InChI=1S/C14H24N4O5/c1-15-12-11(16-21)13(19)18(14(20)17(12)2)7-5-9-23-10-6-3-4-8-22-10/h10,15-16,21H,3-9H2,1-2H3. The Kier molecular flexibility index (Phi) is 6.20. The summed E-state index contributed by atoms with van der Waals surface area (Å²) in [6.45, 7) is 1.31. The Balaban J connectivity index is 2.03. The number of nitrogens with one attached hydrogen (secondary N) is 2. The van der Waals surface area contributed by atoms with Gasteiger partial charge in [0.2, 0.25) is 0 Å². The Morgan fingerprint density at radius 2 is 2.17 bits per heavy atom. The number of rotatable bonds is 7. The first-order valence-corrected chi connectivity index (χ1v) is 7.75. The Morgan fingerprint density at radius 1 is 1.39 bits per heavy atom. The third-order valence-electron chi connectivity index (χ3n) is 3.87. The van der Waals surface area contributed by atoms with E-state index in [9.17, 15) is 9.59 Å². The predicted molar refractivity (Wildman–Crippen MR) is 85.1 cm³/mol. The fourth-order valence-corrected chi connectivity index (χ4v) is 2.64. The Labute approximate surface area is 133 Å². The van der Waals surface area contributed by atoms with Crippen molar-refractivity contribution in [2.24, 2.45) is 7.05 Å². The quantitative estimate of drug-likeness (QED) is 0.489. The van der Waals surface area contributed by atoms with Crippen molar-refractivity contribution >= 4 is 11.5 Å². The molecule has 9 nitrogen and oxygen atoms in total. The minimum Gasteiger partial charge on any atom is -0.372 e. The molecule has 1 unspecified atom stereocenters. The lowest BCUT2D eigenvalue weighted by Gasteiger charge is -2.22. The van der Waals surface area contributed by atoms with Crippen LogP contribution in [0.4, 0.5) is 11.5 Å². The lowest BCUT2D eigenvalue weighted by Crippen LogP contribution is -2.41. The van der Waals surface area contributed by atoms with Gasteiger partial charge in [0.15, 0.2) is 12.0 Å². The van der Waals surface area contributed by atoms with E-state index in [-0.39, 0.29) is 24.3 Å². The molecule has 9 heteroatoms. The van der Waals surface area contributed by atoms with E-state index in [2.05, 4.69) is 5.32 Å². The molecule has 3 N–H and O–H groups in total. The number of ether oxygens (including phenoxy) is 2. The Bertz CT molecular complexity index is 633. The molecule has 0 bridgehead atoms. The molecule has 0 spiro atoms. The summed E-state index contributed by atoms with van der Waals surface area (Å²) >= 11 is 0. The smallest absolute Gasteiger partial charge is 0.332 e. The molecule has 1 fully saturated rings. The highest BCUT2D eigenvalue weighted by molar-refractivity contribution is 5.61. The molecule has 1 aromatic heterocycles. The molecule has 130 valence electrons. The Hall–Kier alpha value is -1.84. The maximum atomic E-state index is 12.3. The van der Waals surface area contributed by atoms with E-state index >= 15 is 0 Å². The van der Waals surface area contributed by atoms with Crippen LogP contribution in [0.15, 0.2) is 9.59 Å². The van der Waals surface area contributed by atoms with Crippen LogP contribution in [0.3, 0.4) is 0 Å². The van der Waals surface area contributed by atoms with Crippen LogP contribution in [0.25, 0.3) is 0 Å². The summed E-state index contributed by atoms with van der Waals surface area (Å²) in [5, 5.41) is 11.9. The van der Waals surface area contributed by atoms with Crippen molar-refractivity contribution in [1.29, 1.82) is 0 Å². The Morgan fingerprint density at radius 3 is 2.78 bits per heavy atom. The van der Waals surface area contributed by atoms with Crippen LogP contribution in [0.1, 0.15) is 25.7 Å². The van der Waals surface area contributed by atoms with Gasteiger partial charge < -0.3 is 14.8 Å². The molecule has 0 radical (unpaired) electrons. The lowest BCUT2D eigenvalue weighted by molar-refractivity contribution is -0.163. The average molecular weight is 328 g/mol. The fraction of sp³-hybridized carbons (Fsp3) is 0.714. The molecule has 0 aromatic carbocycles. The van der Waals surface area contributed by atoms with E-state index in [0.717, 1.165) is 23.8 Å². The van der Waals surface area contributed by atoms with Gasteiger partial charge in [0, 0.05) is 27.2 Å². The average Bonchev–Trinajstić information content (AvgIpc) is 2.58. The van der Waals surface area contributed by atoms with Crippen LogP contribution in [-0.4, -0.2) is 40.9 Å². The summed E-state index contributed by atoms with van der Waals surface area (Å²) in [5.41, 5.74) is 0.768. The first-order valence-electron chi connectivity index (χ1n) is 7.75. The zero-order valence-corrected chi connectivity index (χ0v) is 13.5. The largest absolute Gasteiger partial charge is 0.372 e. The number of anilines is 2. The van der Waals surface area contributed by atoms with Crippen molar-refractivity contribution in [3.05, 3.63) is 20.8 Å². The molecule has 1 aromatic rings. The highest BCUT2D eigenvalue weighted by atomic mass is 16.7. The van der Waals surface area contributed by atoms with Gasteiger partial charge in [-0.05, 0) is 25.7 Å². The summed E-state index contributed by atoms with van der Waals surface area (Å²) in [6.07, 6.45) is 3.32. The maximum Gasteiger partial charge on any atom is 0.332 e. The van der Waals surface area contributed by atoms with Crippen molar-refractivity contribution in [1.82, 2.24) is 9.13 Å². The van der Waals surface area contributed by atoms with Crippen molar-refractivity contribution in [2.75, 3.05) is 31.1 Å². The summed E-state index contributed by atoms with van der Waals surface area (Å²) < 4.78 is 13.4. The van der Waals surface area contributed by atoms with Crippen molar-refractivity contribution in [3.63, 3.8) is 0 Å². The van der Waals surface area contributed by atoms with Gasteiger partial charge in [-0.1, -0.05) is 0 Å². The van der Waals surface area contributed by atoms with E-state index in [1.54, 1.807) is 7.05 Å². The first kappa shape index (κ1) is 17.5. The zero-order valence-electron chi connectivity index (χ0n) is 13.5. The SMILES string of the molecule is CNc1c(NO)c(=O)n(CCCOC2CCCCO2)c(=O)n1C. The third-order valence-corrected chi connectivity index (χ3v) is 3.87. The van der Waals surface area contributed by atoms with E-state index in [0.29, 0.717) is 19.6 Å². The molecule has 0 amide bonds. The van der Waals surface area contributed by atoms with E-state index in [1.807, 2.05) is 5.48 Å². The second kappa shape index (κ2) is 8.14. The van der Waals surface area contributed by atoms with E-state index in [1.165, 1.54) is 11.6 Å². The van der Waals surface area contributed by atoms with Crippen molar-refractivity contribution in [2.45, 2.75) is 38.5 Å². The number of aromatic nitrogens is 2. The minimum atomic E-state index is -0.575. The highest BCUT2D eigenvalue weighted by Crippen LogP contribution is 2.14. The highest BCUT2D eigenvalue weighted by Gasteiger charge is 2.17. The normalized spacial score (nSPS) is 18.0. The molecular formula is C14H24N4O5. The fourth-order valence-electron chi connectivity index (χ4n) is 2.64. The van der Waals surface area contributed by atoms with Gasteiger partial charge >= 0.3 is 5.69 Å². The van der Waals surface area contributed by atoms with Crippen LogP contribution >= 0.6 is 0 Å². The number of hydrogen-bond donors (Lipinski definition) is 3. The van der Waals surface area contributed by atoms with Crippen LogP contribution in [0, 0.1) is 0 Å². The van der Waals surface area contributed by atoms with Crippen LogP contribution in [0.2, 0.25) is 0 Å². The minimum absolute atomic E-state index is 0.0638. The van der Waals surface area contributed by atoms with Gasteiger partial charge in [-0.15, -0.1) is 0 Å². The van der Waals surface area contributed by atoms with Crippen LogP contribution < -0.4 is 22.0 Å².